The Morgan fingerprint density at radius 1 is 1.41 bits per heavy atom. The number of benzene rings is 1. The lowest BCUT2D eigenvalue weighted by atomic mass is 9.83. The van der Waals surface area contributed by atoms with Gasteiger partial charge >= 0.3 is 0 Å². The van der Waals surface area contributed by atoms with Crippen LogP contribution in [0.4, 0.5) is 0 Å². The molecule has 2 rings (SSSR count). The fraction of sp³-hybridized carbons (Fsp3) is 0.529. The van der Waals surface area contributed by atoms with Crippen molar-refractivity contribution in [3.63, 3.8) is 0 Å². The van der Waals surface area contributed by atoms with Crippen LogP contribution in [-0.2, 0) is 9.59 Å². The van der Waals surface area contributed by atoms with E-state index in [9.17, 15) is 14.7 Å². The fourth-order valence-corrected chi connectivity index (χ4v) is 3.09. The van der Waals surface area contributed by atoms with Gasteiger partial charge in [0, 0.05) is 30.4 Å². The minimum atomic E-state index is -1.11. The molecule has 5 heteroatoms. The van der Waals surface area contributed by atoms with Crippen LogP contribution in [0.1, 0.15) is 44.2 Å². The Bertz CT molecular complexity index is 543. The van der Waals surface area contributed by atoms with E-state index in [2.05, 4.69) is 0 Å². The van der Waals surface area contributed by atoms with E-state index >= 15 is 0 Å². The van der Waals surface area contributed by atoms with Gasteiger partial charge in [0.05, 0.1) is 13.2 Å². The van der Waals surface area contributed by atoms with E-state index in [4.69, 9.17) is 4.74 Å². The van der Waals surface area contributed by atoms with Gasteiger partial charge in [-0.05, 0) is 18.9 Å². The van der Waals surface area contributed by atoms with Gasteiger partial charge in [-0.1, -0.05) is 31.5 Å². The number of methoxy groups -OCH3 is 1. The minimum Gasteiger partial charge on any atom is -0.550 e. The van der Waals surface area contributed by atoms with Crippen molar-refractivity contribution in [1.82, 2.24) is 4.90 Å². The third-order valence-corrected chi connectivity index (χ3v) is 4.22. The number of carbonyl (C=O) groups is 2. The molecule has 0 saturated carbocycles. The molecule has 1 amide bonds. The van der Waals surface area contributed by atoms with Crippen LogP contribution in [0.2, 0.25) is 0 Å². The van der Waals surface area contributed by atoms with E-state index in [0.29, 0.717) is 18.7 Å². The van der Waals surface area contributed by atoms with Gasteiger partial charge in [0.25, 0.3) is 0 Å². The molecule has 1 aromatic rings. The molecule has 5 nitrogen and oxygen atoms in total. The van der Waals surface area contributed by atoms with Crippen LogP contribution < -0.4 is 9.84 Å². The Hall–Kier alpha value is -2.04. The summed E-state index contributed by atoms with van der Waals surface area (Å²) in [4.78, 5) is 25.6. The van der Waals surface area contributed by atoms with Crippen LogP contribution in [-0.4, -0.2) is 30.4 Å². The van der Waals surface area contributed by atoms with Crippen molar-refractivity contribution >= 4 is 11.9 Å². The van der Waals surface area contributed by atoms with Crippen LogP contribution in [0.15, 0.2) is 24.3 Å². The van der Waals surface area contributed by atoms with Crippen molar-refractivity contribution in [3.05, 3.63) is 29.8 Å². The lowest BCUT2D eigenvalue weighted by molar-refractivity contribution is -0.314. The number of carboxylic acids is 1. The van der Waals surface area contributed by atoms with Crippen LogP contribution in [0, 0.1) is 5.92 Å². The van der Waals surface area contributed by atoms with Crippen LogP contribution >= 0.6 is 0 Å². The first-order valence-electron chi connectivity index (χ1n) is 7.73. The Morgan fingerprint density at radius 2 is 2.14 bits per heavy atom. The summed E-state index contributed by atoms with van der Waals surface area (Å²) >= 11 is 0. The summed E-state index contributed by atoms with van der Waals surface area (Å²) in [5.41, 5.74) is 0.739. The number of likely N-dealkylation sites (tertiary alicyclic amines) is 1. The minimum absolute atomic E-state index is 0.00172. The average molecular weight is 304 g/mol. The standard InChI is InChI=1S/C17H23NO4/c1-3-4-11-18-15(19)10-9-13(17(20)21)16(18)12-7-5-6-8-14(12)22-2/h5-8,13,16H,3-4,9-11H2,1-2H3,(H,20,21)/p-1/t13-,16-/m1/s1. The van der Waals surface area contributed by atoms with Gasteiger partial charge in [0.2, 0.25) is 5.91 Å². The predicted molar refractivity (Wildman–Crippen MR) is 80.1 cm³/mol. The molecule has 120 valence electrons. The van der Waals surface area contributed by atoms with E-state index in [-0.39, 0.29) is 12.3 Å². The summed E-state index contributed by atoms with van der Waals surface area (Å²) in [7, 11) is 1.55. The molecule has 0 bridgehead atoms. The first kappa shape index (κ1) is 16.3. The van der Waals surface area contributed by atoms with Crippen molar-refractivity contribution in [1.29, 1.82) is 0 Å². The van der Waals surface area contributed by atoms with Gasteiger partial charge in [0.15, 0.2) is 0 Å². The molecule has 0 radical (unpaired) electrons. The first-order valence-corrected chi connectivity index (χ1v) is 7.73. The van der Waals surface area contributed by atoms with Crippen molar-refractivity contribution in [2.45, 2.75) is 38.6 Å². The lowest BCUT2D eigenvalue weighted by Gasteiger charge is -2.42. The second-order valence-electron chi connectivity index (χ2n) is 5.59. The molecule has 0 aliphatic carbocycles. The molecule has 0 unspecified atom stereocenters. The number of hydrogen-bond acceptors (Lipinski definition) is 4. The van der Waals surface area contributed by atoms with Crippen LogP contribution in [0.5, 0.6) is 5.75 Å². The van der Waals surface area contributed by atoms with Gasteiger partial charge in [0.1, 0.15) is 5.75 Å². The topological polar surface area (TPSA) is 69.7 Å². The van der Waals surface area contributed by atoms with E-state index < -0.39 is 17.9 Å². The zero-order valence-electron chi connectivity index (χ0n) is 13.1. The normalized spacial score (nSPS) is 21.7. The number of amides is 1. The molecule has 1 aromatic carbocycles. The molecule has 1 aliphatic rings. The number of aliphatic carboxylic acids is 1. The number of carboxylic acid groups (broad SMARTS) is 1. The van der Waals surface area contributed by atoms with Crippen LogP contribution in [0.25, 0.3) is 0 Å². The highest BCUT2D eigenvalue weighted by atomic mass is 16.5. The summed E-state index contributed by atoms with van der Waals surface area (Å²) < 4.78 is 5.36. The first-order chi connectivity index (χ1) is 10.6. The molecule has 1 saturated heterocycles. The zero-order chi connectivity index (χ0) is 16.1. The van der Waals surface area contributed by atoms with Crippen molar-refractivity contribution in [3.8, 4) is 5.75 Å². The van der Waals surface area contributed by atoms with Gasteiger partial charge in [-0.15, -0.1) is 0 Å². The predicted octanol–water partition coefficient (Wildman–Crippen LogP) is 1.52. The fourth-order valence-electron chi connectivity index (χ4n) is 3.09. The molecule has 1 aliphatic heterocycles. The molecular weight excluding hydrogens is 282 g/mol. The number of rotatable bonds is 6. The number of ether oxygens (including phenoxy) is 1. The summed E-state index contributed by atoms with van der Waals surface area (Å²) in [5, 5.41) is 11.6. The van der Waals surface area contributed by atoms with Crippen molar-refractivity contribution in [2.75, 3.05) is 13.7 Å². The third-order valence-electron chi connectivity index (χ3n) is 4.22. The average Bonchev–Trinajstić information content (AvgIpc) is 2.53. The molecule has 1 heterocycles. The van der Waals surface area contributed by atoms with Gasteiger partial charge in [-0.2, -0.15) is 0 Å². The summed E-state index contributed by atoms with van der Waals surface area (Å²) in [6, 6.07) is 6.77. The maximum absolute atomic E-state index is 12.3. The van der Waals surface area contributed by atoms with E-state index in [1.54, 1.807) is 18.1 Å². The Balaban J connectivity index is 2.44. The highest BCUT2D eigenvalue weighted by Crippen LogP contribution is 2.40. The zero-order valence-corrected chi connectivity index (χ0v) is 13.1. The summed E-state index contributed by atoms with van der Waals surface area (Å²) in [6.45, 7) is 2.60. The molecule has 2 atom stereocenters. The molecule has 22 heavy (non-hydrogen) atoms. The second-order valence-corrected chi connectivity index (χ2v) is 5.59. The summed E-state index contributed by atoms with van der Waals surface area (Å²) in [6.07, 6.45) is 2.36. The largest absolute Gasteiger partial charge is 0.550 e. The Labute approximate surface area is 130 Å². The van der Waals surface area contributed by atoms with Gasteiger partial charge in [-0.3, -0.25) is 4.79 Å². The SMILES string of the molecule is CCCCN1C(=O)CC[C@@H](C(=O)[O-])[C@H]1c1ccccc1OC. The number of nitrogens with zero attached hydrogens (tertiary/aromatic N) is 1. The second kappa shape index (κ2) is 7.29. The smallest absolute Gasteiger partial charge is 0.223 e. The maximum atomic E-state index is 12.3. The van der Waals surface area contributed by atoms with Gasteiger partial charge in [-0.25, -0.2) is 0 Å². The number of hydrogen-bond donors (Lipinski definition) is 0. The molecule has 0 aromatic heterocycles. The quantitative estimate of drug-likeness (QED) is 0.799. The van der Waals surface area contributed by atoms with Crippen LogP contribution in [0.3, 0.4) is 0 Å². The lowest BCUT2D eigenvalue weighted by Crippen LogP contribution is -2.49. The highest BCUT2D eigenvalue weighted by molar-refractivity contribution is 5.81. The molecular formula is C17H22NO4-. The summed E-state index contributed by atoms with van der Waals surface area (Å²) in [5.74, 6) is -1.20. The van der Waals surface area contributed by atoms with E-state index in [0.717, 1.165) is 18.4 Å². The monoisotopic (exact) mass is 304 g/mol. The number of unbranched alkanes of at least 4 members (excludes halogenated alkanes) is 1. The van der Waals surface area contributed by atoms with E-state index in [1.807, 2.05) is 25.1 Å². The molecule has 0 N–H and O–H groups in total. The number of carbonyl (C=O) groups excluding carboxylic acids is 2. The highest BCUT2D eigenvalue weighted by Gasteiger charge is 2.38. The van der Waals surface area contributed by atoms with Gasteiger partial charge < -0.3 is 19.5 Å². The maximum Gasteiger partial charge on any atom is 0.223 e. The van der Waals surface area contributed by atoms with Crippen molar-refractivity contribution in [2.24, 2.45) is 5.92 Å². The molecule has 1 fully saturated rings. The third kappa shape index (κ3) is 3.24. The number of piperidine rings is 1. The van der Waals surface area contributed by atoms with E-state index in [1.165, 1.54) is 0 Å². The van der Waals surface area contributed by atoms with Crippen molar-refractivity contribution < 1.29 is 19.4 Å². The Kier molecular flexibility index (Phi) is 5.41. The molecule has 0 spiro atoms. The number of para-hydroxylation sites is 1. The Morgan fingerprint density at radius 3 is 2.77 bits per heavy atom.